The summed E-state index contributed by atoms with van der Waals surface area (Å²) in [6.45, 7) is 2.23. The van der Waals surface area contributed by atoms with Crippen molar-refractivity contribution in [1.82, 2.24) is 0 Å². The first-order chi connectivity index (χ1) is 7.79. The molecule has 0 heterocycles. The molecule has 3 fully saturated rings. The molecule has 4 bridgehead atoms. The van der Waals surface area contributed by atoms with E-state index in [4.69, 9.17) is 9.47 Å². The van der Waals surface area contributed by atoms with Gasteiger partial charge < -0.3 is 9.47 Å². The van der Waals surface area contributed by atoms with Gasteiger partial charge in [-0.3, -0.25) is 0 Å². The zero-order valence-corrected chi connectivity index (χ0v) is 9.85. The molecule has 3 aliphatic carbocycles. The first kappa shape index (κ1) is 10.4. The highest BCUT2D eigenvalue weighted by Gasteiger charge is 2.53. The Morgan fingerprint density at radius 2 is 1.88 bits per heavy atom. The topological polar surface area (TPSA) is 35.5 Å². The maximum Gasteiger partial charge on any atom is 0.508 e. The number of carbonyl (C=O) groups excluding carboxylic acids is 1. The van der Waals surface area contributed by atoms with Crippen molar-refractivity contribution in [3.63, 3.8) is 0 Å². The van der Waals surface area contributed by atoms with E-state index < -0.39 is 6.16 Å². The molecule has 0 aromatic carbocycles. The van der Waals surface area contributed by atoms with Crippen LogP contribution in [0.2, 0.25) is 0 Å². The number of carbonyl (C=O) groups is 1. The highest BCUT2D eigenvalue weighted by Crippen LogP contribution is 2.58. The SMILES string of the molecule is CCOC(=O)O[C@@H]1C[C@@H]2CC[C@@H]3[C@H]1CC[C@@H]23. The summed E-state index contributed by atoms with van der Waals surface area (Å²) in [5, 5.41) is 0. The third-order valence-corrected chi connectivity index (χ3v) is 4.93. The van der Waals surface area contributed by atoms with E-state index in [2.05, 4.69) is 0 Å². The zero-order valence-electron chi connectivity index (χ0n) is 9.85. The van der Waals surface area contributed by atoms with Crippen molar-refractivity contribution in [1.29, 1.82) is 0 Å². The standard InChI is InChI=1S/C13H20O3/c1-2-15-13(14)16-12-7-8-3-4-10-9(8)5-6-11(10)12/h8-12H,2-7H2,1H3/t8-,9-,10-,11+,12+/m0/s1. The fourth-order valence-corrected chi connectivity index (χ4v) is 4.40. The molecule has 0 amide bonds. The monoisotopic (exact) mass is 224 g/mol. The van der Waals surface area contributed by atoms with Gasteiger partial charge >= 0.3 is 6.16 Å². The second-order valence-electron chi connectivity index (χ2n) is 5.48. The van der Waals surface area contributed by atoms with Crippen molar-refractivity contribution >= 4 is 6.16 Å². The minimum absolute atomic E-state index is 0.148. The molecule has 3 heteroatoms. The number of rotatable bonds is 2. The summed E-state index contributed by atoms with van der Waals surface area (Å²) in [5.74, 6) is 3.25. The van der Waals surface area contributed by atoms with E-state index in [-0.39, 0.29) is 6.10 Å². The van der Waals surface area contributed by atoms with E-state index in [1.54, 1.807) is 0 Å². The van der Waals surface area contributed by atoms with Gasteiger partial charge in [0.1, 0.15) is 6.10 Å². The fourth-order valence-electron chi connectivity index (χ4n) is 4.40. The van der Waals surface area contributed by atoms with Crippen molar-refractivity contribution in [2.24, 2.45) is 23.7 Å². The minimum atomic E-state index is -0.461. The molecule has 3 aliphatic rings. The molecule has 0 spiro atoms. The van der Waals surface area contributed by atoms with Crippen LogP contribution in [0, 0.1) is 23.7 Å². The van der Waals surface area contributed by atoms with Gasteiger partial charge in [0.15, 0.2) is 0 Å². The Bertz CT molecular complexity index is 289. The summed E-state index contributed by atoms with van der Waals surface area (Å²) < 4.78 is 10.4. The predicted octanol–water partition coefficient (Wildman–Crippen LogP) is 2.98. The Kier molecular flexibility index (Phi) is 2.56. The minimum Gasteiger partial charge on any atom is -0.435 e. The van der Waals surface area contributed by atoms with Gasteiger partial charge in [0.25, 0.3) is 0 Å². The lowest BCUT2D eigenvalue weighted by Crippen LogP contribution is -2.35. The maximum absolute atomic E-state index is 11.4. The highest BCUT2D eigenvalue weighted by molar-refractivity contribution is 5.60. The Hall–Kier alpha value is -0.730. The number of hydrogen-bond acceptors (Lipinski definition) is 3. The lowest BCUT2D eigenvalue weighted by Gasteiger charge is -2.34. The van der Waals surface area contributed by atoms with Gasteiger partial charge in [-0.05, 0) is 62.7 Å². The van der Waals surface area contributed by atoms with Crippen LogP contribution < -0.4 is 0 Å². The average molecular weight is 224 g/mol. The largest absolute Gasteiger partial charge is 0.508 e. The molecule has 16 heavy (non-hydrogen) atoms. The van der Waals surface area contributed by atoms with E-state index in [1.165, 1.54) is 25.7 Å². The summed E-state index contributed by atoms with van der Waals surface area (Å²) in [5.41, 5.74) is 0. The Morgan fingerprint density at radius 3 is 2.69 bits per heavy atom. The molecule has 0 saturated heterocycles. The van der Waals surface area contributed by atoms with Crippen LogP contribution in [0.4, 0.5) is 4.79 Å². The molecule has 0 N–H and O–H groups in total. The molecular formula is C13H20O3. The van der Waals surface area contributed by atoms with Crippen LogP contribution in [-0.4, -0.2) is 18.9 Å². The Labute approximate surface area is 96.5 Å². The van der Waals surface area contributed by atoms with Crippen molar-refractivity contribution in [3.05, 3.63) is 0 Å². The van der Waals surface area contributed by atoms with Crippen LogP contribution in [-0.2, 0) is 9.47 Å². The van der Waals surface area contributed by atoms with E-state index >= 15 is 0 Å². The van der Waals surface area contributed by atoms with Crippen molar-refractivity contribution in [2.75, 3.05) is 6.61 Å². The van der Waals surface area contributed by atoms with E-state index in [1.807, 2.05) is 6.92 Å². The van der Waals surface area contributed by atoms with Crippen LogP contribution in [0.5, 0.6) is 0 Å². The van der Waals surface area contributed by atoms with Crippen molar-refractivity contribution < 1.29 is 14.3 Å². The summed E-state index contributed by atoms with van der Waals surface area (Å²) in [4.78, 5) is 11.4. The van der Waals surface area contributed by atoms with E-state index in [0.717, 1.165) is 24.2 Å². The van der Waals surface area contributed by atoms with Gasteiger partial charge in [0.05, 0.1) is 6.61 Å². The lowest BCUT2D eigenvalue weighted by molar-refractivity contribution is -0.0248. The predicted molar refractivity (Wildman–Crippen MR) is 58.9 cm³/mol. The van der Waals surface area contributed by atoms with E-state index in [0.29, 0.717) is 12.5 Å². The van der Waals surface area contributed by atoms with Gasteiger partial charge in [0.2, 0.25) is 0 Å². The van der Waals surface area contributed by atoms with E-state index in [9.17, 15) is 4.79 Å². The summed E-state index contributed by atoms with van der Waals surface area (Å²) in [7, 11) is 0. The average Bonchev–Trinajstić information content (AvgIpc) is 2.71. The lowest BCUT2D eigenvalue weighted by atomic mass is 9.77. The second-order valence-corrected chi connectivity index (χ2v) is 5.48. The summed E-state index contributed by atoms with van der Waals surface area (Å²) in [6, 6.07) is 0. The third-order valence-electron chi connectivity index (χ3n) is 4.93. The Morgan fingerprint density at radius 1 is 1.12 bits per heavy atom. The summed E-state index contributed by atoms with van der Waals surface area (Å²) in [6.07, 6.45) is 6.12. The molecule has 0 aromatic rings. The smallest absolute Gasteiger partial charge is 0.435 e. The molecule has 3 saturated carbocycles. The molecular weight excluding hydrogens is 204 g/mol. The zero-order chi connectivity index (χ0) is 11.1. The fraction of sp³-hybridized carbons (Fsp3) is 0.923. The molecule has 3 nitrogen and oxygen atoms in total. The molecule has 0 aromatic heterocycles. The van der Waals surface area contributed by atoms with Gasteiger partial charge in [0, 0.05) is 0 Å². The third kappa shape index (κ3) is 1.52. The molecule has 0 unspecified atom stereocenters. The number of hydrogen-bond donors (Lipinski definition) is 0. The van der Waals surface area contributed by atoms with Crippen molar-refractivity contribution in [2.45, 2.75) is 45.1 Å². The van der Waals surface area contributed by atoms with Crippen LogP contribution in [0.25, 0.3) is 0 Å². The quantitative estimate of drug-likeness (QED) is 0.676. The molecule has 0 aliphatic heterocycles. The number of ether oxygens (including phenoxy) is 2. The van der Waals surface area contributed by atoms with Gasteiger partial charge in [-0.1, -0.05) is 0 Å². The molecule has 0 radical (unpaired) electrons. The summed E-state index contributed by atoms with van der Waals surface area (Å²) >= 11 is 0. The molecule has 3 rings (SSSR count). The Balaban J connectivity index is 1.66. The van der Waals surface area contributed by atoms with Crippen LogP contribution >= 0.6 is 0 Å². The maximum atomic E-state index is 11.4. The molecule has 5 atom stereocenters. The van der Waals surface area contributed by atoms with Gasteiger partial charge in [-0.2, -0.15) is 0 Å². The van der Waals surface area contributed by atoms with Crippen molar-refractivity contribution in [3.8, 4) is 0 Å². The van der Waals surface area contributed by atoms with Crippen LogP contribution in [0.1, 0.15) is 39.0 Å². The normalized spacial score (nSPS) is 44.4. The molecule has 90 valence electrons. The first-order valence-electron chi connectivity index (χ1n) is 6.63. The van der Waals surface area contributed by atoms with Crippen LogP contribution in [0.15, 0.2) is 0 Å². The second kappa shape index (κ2) is 3.94. The highest BCUT2D eigenvalue weighted by atomic mass is 16.7. The van der Waals surface area contributed by atoms with Gasteiger partial charge in [-0.25, -0.2) is 4.79 Å². The van der Waals surface area contributed by atoms with Crippen LogP contribution in [0.3, 0.4) is 0 Å². The first-order valence-corrected chi connectivity index (χ1v) is 6.63. The van der Waals surface area contributed by atoms with Gasteiger partial charge in [-0.15, -0.1) is 0 Å².